The number of ether oxygens (including phenoxy) is 1. The van der Waals surface area contributed by atoms with Crippen molar-refractivity contribution in [2.75, 3.05) is 6.61 Å². The lowest BCUT2D eigenvalue weighted by Crippen LogP contribution is -2.14. The van der Waals surface area contributed by atoms with Crippen LogP contribution in [0.4, 0.5) is 0 Å². The molecule has 1 aliphatic heterocycles. The van der Waals surface area contributed by atoms with Crippen LogP contribution in [-0.4, -0.2) is 23.7 Å². The molecule has 4 heteroatoms. The molecule has 4 nitrogen and oxygen atoms in total. The van der Waals surface area contributed by atoms with Crippen LogP contribution >= 0.6 is 0 Å². The first-order chi connectivity index (χ1) is 6.63. The highest BCUT2D eigenvalue weighted by atomic mass is 16.5. The van der Waals surface area contributed by atoms with Crippen molar-refractivity contribution in [1.29, 1.82) is 0 Å². The van der Waals surface area contributed by atoms with Gasteiger partial charge in [0.05, 0.1) is 12.5 Å². The zero-order chi connectivity index (χ0) is 10.6. The largest absolute Gasteiger partial charge is 0.478 e. The topological polar surface area (TPSA) is 63.6 Å². The molecule has 0 aromatic rings. The molecule has 0 aromatic carbocycles. The fraction of sp³-hybridized carbons (Fsp3) is 0.600. The number of hydrogen-bond acceptors (Lipinski definition) is 3. The number of hydrogen-bond donors (Lipinski definition) is 1. The fourth-order valence-electron chi connectivity index (χ4n) is 1.52. The van der Waals surface area contributed by atoms with E-state index >= 15 is 0 Å². The van der Waals surface area contributed by atoms with E-state index in [0.29, 0.717) is 25.9 Å². The molecule has 1 rings (SSSR count). The van der Waals surface area contributed by atoms with Crippen molar-refractivity contribution in [3.63, 3.8) is 0 Å². The highest BCUT2D eigenvalue weighted by Gasteiger charge is 2.23. The van der Waals surface area contributed by atoms with Gasteiger partial charge in [0.2, 0.25) is 0 Å². The maximum atomic E-state index is 11.3. The van der Waals surface area contributed by atoms with E-state index in [2.05, 4.69) is 0 Å². The molecule has 0 spiro atoms. The standard InChI is InChI=1S/C10H14O4/c1-2-8-5-7(6-9(11)12)3-4-14-10(8)13/h6,8H,2-5H2,1H3,(H,11,12)/b7-6+/t8-/m0/s1. The third-order valence-electron chi connectivity index (χ3n) is 2.33. The molecule has 1 N–H and O–H groups in total. The van der Waals surface area contributed by atoms with Gasteiger partial charge in [-0.2, -0.15) is 0 Å². The van der Waals surface area contributed by atoms with Gasteiger partial charge in [-0.15, -0.1) is 0 Å². The second kappa shape index (κ2) is 4.79. The van der Waals surface area contributed by atoms with E-state index in [1.54, 1.807) is 0 Å². The summed E-state index contributed by atoms with van der Waals surface area (Å²) in [5.41, 5.74) is 0.787. The van der Waals surface area contributed by atoms with Crippen LogP contribution in [0, 0.1) is 5.92 Å². The monoisotopic (exact) mass is 198 g/mol. The summed E-state index contributed by atoms with van der Waals surface area (Å²) in [6.07, 6.45) is 2.93. The lowest BCUT2D eigenvalue weighted by Gasteiger charge is -2.08. The summed E-state index contributed by atoms with van der Waals surface area (Å²) in [5, 5.41) is 8.58. The van der Waals surface area contributed by atoms with E-state index in [0.717, 1.165) is 5.57 Å². The van der Waals surface area contributed by atoms with Gasteiger partial charge < -0.3 is 9.84 Å². The van der Waals surface area contributed by atoms with Gasteiger partial charge >= 0.3 is 11.9 Å². The van der Waals surface area contributed by atoms with Crippen molar-refractivity contribution in [2.24, 2.45) is 5.92 Å². The summed E-state index contributed by atoms with van der Waals surface area (Å²) < 4.78 is 4.95. The van der Waals surface area contributed by atoms with E-state index < -0.39 is 5.97 Å². The number of esters is 1. The Hall–Kier alpha value is -1.32. The summed E-state index contributed by atoms with van der Waals surface area (Å²) in [4.78, 5) is 21.7. The van der Waals surface area contributed by atoms with Crippen LogP contribution in [0.5, 0.6) is 0 Å². The SMILES string of the molecule is CC[C@H]1C/C(=C/C(=O)O)CCOC1=O. The molecule has 0 bridgehead atoms. The minimum atomic E-state index is -0.954. The van der Waals surface area contributed by atoms with Crippen molar-refractivity contribution in [1.82, 2.24) is 0 Å². The quantitative estimate of drug-likeness (QED) is 0.537. The normalized spacial score (nSPS) is 25.6. The van der Waals surface area contributed by atoms with E-state index in [-0.39, 0.29) is 11.9 Å². The summed E-state index contributed by atoms with van der Waals surface area (Å²) >= 11 is 0. The molecule has 0 radical (unpaired) electrons. The van der Waals surface area contributed by atoms with Gasteiger partial charge in [-0.25, -0.2) is 4.79 Å². The van der Waals surface area contributed by atoms with Crippen LogP contribution in [0.1, 0.15) is 26.2 Å². The molecule has 1 heterocycles. The first-order valence-electron chi connectivity index (χ1n) is 4.72. The van der Waals surface area contributed by atoms with Crippen LogP contribution < -0.4 is 0 Å². The molecular formula is C10H14O4. The third-order valence-corrected chi connectivity index (χ3v) is 2.33. The number of cyclic esters (lactones) is 1. The number of rotatable bonds is 2. The Morgan fingerprint density at radius 1 is 1.71 bits per heavy atom. The third kappa shape index (κ3) is 2.87. The van der Waals surface area contributed by atoms with Gasteiger partial charge in [0.25, 0.3) is 0 Å². The Morgan fingerprint density at radius 3 is 3.00 bits per heavy atom. The molecule has 0 unspecified atom stereocenters. The summed E-state index contributed by atoms with van der Waals surface area (Å²) in [6, 6.07) is 0. The molecule has 78 valence electrons. The predicted molar refractivity (Wildman–Crippen MR) is 49.7 cm³/mol. The maximum Gasteiger partial charge on any atom is 0.328 e. The van der Waals surface area contributed by atoms with Gasteiger partial charge in [-0.05, 0) is 12.8 Å². The van der Waals surface area contributed by atoms with Crippen LogP contribution in [0.15, 0.2) is 11.6 Å². The first kappa shape index (κ1) is 10.8. The molecule has 14 heavy (non-hydrogen) atoms. The first-order valence-corrected chi connectivity index (χ1v) is 4.72. The second-order valence-corrected chi connectivity index (χ2v) is 3.37. The van der Waals surface area contributed by atoms with Gasteiger partial charge in [0.15, 0.2) is 0 Å². The molecule has 1 atom stereocenters. The Balaban J connectivity index is 2.73. The summed E-state index contributed by atoms with van der Waals surface area (Å²) in [7, 11) is 0. The summed E-state index contributed by atoms with van der Waals surface area (Å²) in [5.74, 6) is -1.34. The number of carboxylic acid groups (broad SMARTS) is 1. The van der Waals surface area contributed by atoms with E-state index in [1.165, 1.54) is 6.08 Å². The molecule has 0 aromatic heterocycles. The zero-order valence-corrected chi connectivity index (χ0v) is 8.16. The van der Waals surface area contributed by atoms with Crippen molar-refractivity contribution in [3.8, 4) is 0 Å². The highest BCUT2D eigenvalue weighted by molar-refractivity contribution is 5.81. The molecule has 1 aliphatic rings. The second-order valence-electron chi connectivity index (χ2n) is 3.37. The lowest BCUT2D eigenvalue weighted by atomic mass is 9.96. The van der Waals surface area contributed by atoms with Crippen LogP contribution in [0.2, 0.25) is 0 Å². The number of carbonyl (C=O) groups excluding carboxylic acids is 1. The van der Waals surface area contributed by atoms with Crippen molar-refractivity contribution >= 4 is 11.9 Å². The van der Waals surface area contributed by atoms with Crippen molar-refractivity contribution in [2.45, 2.75) is 26.2 Å². The lowest BCUT2D eigenvalue weighted by molar-refractivity contribution is -0.147. The van der Waals surface area contributed by atoms with Gasteiger partial charge in [-0.3, -0.25) is 4.79 Å². The van der Waals surface area contributed by atoms with E-state index in [4.69, 9.17) is 9.84 Å². The van der Waals surface area contributed by atoms with Gasteiger partial charge in [0.1, 0.15) is 0 Å². The fourth-order valence-corrected chi connectivity index (χ4v) is 1.52. The van der Waals surface area contributed by atoms with E-state index in [1.807, 2.05) is 6.92 Å². The molecular weight excluding hydrogens is 184 g/mol. The Bertz CT molecular complexity index is 267. The predicted octanol–water partition coefficient (Wildman–Crippen LogP) is 1.36. The van der Waals surface area contributed by atoms with Gasteiger partial charge in [-0.1, -0.05) is 12.5 Å². The Kier molecular flexibility index (Phi) is 3.68. The molecule has 0 saturated carbocycles. The zero-order valence-electron chi connectivity index (χ0n) is 8.16. The number of carboxylic acids is 1. The molecule has 0 amide bonds. The Morgan fingerprint density at radius 2 is 2.43 bits per heavy atom. The smallest absolute Gasteiger partial charge is 0.328 e. The van der Waals surface area contributed by atoms with E-state index in [9.17, 15) is 9.59 Å². The van der Waals surface area contributed by atoms with Crippen LogP contribution in [0.3, 0.4) is 0 Å². The van der Waals surface area contributed by atoms with Crippen molar-refractivity contribution in [3.05, 3.63) is 11.6 Å². The number of carbonyl (C=O) groups is 2. The highest BCUT2D eigenvalue weighted by Crippen LogP contribution is 2.22. The molecule has 1 saturated heterocycles. The molecule has 0 aliphatic carbocycles. The maximum absolute atomic E-state index is 11.3. The molecule has 1 fully saturated rings. The Labute approximate surface area is 82.6 Å². The van der Waals surface area contributed by atoms with Crippen LogP contribution in [0.25, 0.3) is 0 Å². The number of aliphatic carboxylic acids is 1. The average Bonchev–Trinajstić information content (AvgIpc) is 2.27. The average molecular weight is 198 g/mol. The van der Waals surface area contributed by atoms with Gasteiger partial charge in [0, 0.05) is 12.5 Å². The van der Waals surface area contributed by atoms with Crippen LogP contribution in [-0.2, 0) is 14.3 Å². The van der Waals surface area contributed by atoms with Crippen molar-refractivity contribution < 1.29 is 19.4 Å². The minimum absolute atomic E-state index is 0.178. The minimum Gasteiger partial charge on any atom is -0.478 e. The summed E-state index contributed by atoms with van der Waals surface area (Å²) in [6.45, 7) is 2.20.